The number of rotatable bonds is 8. The smallest absolute Gasteiger partial charge is 0.233 e. The van der Waals surface area contributed by atoms with Crippen LogP contribution in [-0.4, -0.2) is 32.6 Å². The van der Waals surface area contributed by atoms with E-state index >= 15 is 0 Å². The van der Waals surface area contributed by atoms with Crippen LogP contribution in [0.3, 0.4) is 0 Å². The Morgan fingerprint density at radius 2 is 2.12 bits per heavy atom. The van der Waals surface area contributed by atoms with E-state index in [1.165, 1.54) is 16.4 Å². The Labute approximate surface area is 151 Å². The number of benzene rings is 1. The zero-order valence-corrected chi connectivity index (χ0v) is 15.5. The van der Waals surface area contributed by atoms with E-state index < -0.39 is 0 Å². The van der Waals surface area contributed by atoms with Gasteiger partial charge in [-0.3, -0.25) is 4.79 Å². The van der Waals surface area contributed by atoms with Crippen LogP contribution < -0.4 is 15.9 Å². The molecule has 1 heterocycles. The van der Waals surface area contributed by atoms with Crippen molar-refractivity contribution in [3.05, 3.63) is 47.8 Å². The molecule has 0 bridgehead atoms. The van der Waals surface area contributed by atoms with Gasteiger partial charge in [0.15, 0.2) is 5.82 Å². The second-order valence-electron chi connectivity index (χ2n) is 5.57. The van der Waals surface area contributed by atoms with Crippen LogP contribution in [0.25, 0.3) is 0 Å². The van der Waals surface area contributed by atoms with E-state index in [0.29, 0.717) is 17.5 Å². The molecule has 7 nitrogen and oxygen atoms in total. The van der Waals surface area contributed by atoms with E-state index in [2.05, 4.69) is 22.1 Å². The minimum absolute atomic E-state index is 0.110. The summed E-state index contributed by atoms with van der Waals surface area (Å²) in [6.07, 6.45) is 1.63. The van der Waals surface area contributed by atoms with Crippen LogP contribution >= 0.6 is 11.8 Å². The van der Waals surface area contributed by atoms with Crippen LogP contribution in [0.2, 0.25) is 0 Å². The van der Waals surface area contributed by atoms with Gasteiger partial charge >= 0.3 is 0 Å². The van der Waals surface area contributed by atoms with E-state index in [0.717, 1.165) is 16.9 Å². The Bertz CT molecular complexity index is 739. The third-order valence-corrected chi connectivity index (χ3v) is 4.62. The quantitative estimate of drug-likeness (QED) is 0.424. The van der Waals surface area contributed by atoms with Gasteiger partial charge in [-0.1, -0.05) is 36.0 Å². The highest BCUT2D eigenvalue weighted by Gasteiger charge is 2.19. The van der Waals surface area contributed by atoms with Crippen molar-refractivity contribution in [3.8, 4) is 5.75 Å². The topological polar surface area (TPSA) is 95.1 Å². The molecule has 0 aliphatic heterocycles. The summed E-state index contributed by atoms with van der Waals surface area (Å²) in [5, 5.41) is 11.0. The van der Waals surface area contributed by atoms with E-state index in [1.54, 1.807) is 13.0 Å². The molecule has 3 N–H and O–H groups in total. The van der Waals surface area contributed by atoms with Gasteiger partial charge in [0, 0.05) is 6.54 Å². The van der Waals surface area contributed by atoms with Gasteiger partial charge in [-0.25, -0.2) is 4.68 Å². The van der Waals surface area contributed by atoms with Crippen LogP contribution in [0.4, 0.5) is 0 Å². The lowest BCUT2D eigenvalue weighted by atomic mass is 10.1. The Balaban J connectivity index is 2.01. The molecule has 0 spiro atoms. The van der Waals surface area contributed by atoms with Gasteiger partial charge < -0.3 is 15.9 Å². The molecule has 0 saturated heterocycles. The van der Waals surface area contributed by atoms with Crippen molar-refractivity contribution in [2.45, 2.75) is 37.8 Å². The summed E-state index contributed by atoms with van der Waals surface area (Å²) in [7, 11) is 0. The largest absolute Gasteiger partial charge is 0.485 e. The van der Waals surface area contributed by atoms with Gasteiger partial charge in [-0.2, -0.15) is 0 Å². The summed E-state index contributed by atoms with van der Waals surface area (Å²) in [6, 6.07) is 5.96. The molecule has 1 aromatic heterocycles. The molecule has 8 heteroatoms. The first-order valence-electron chi connectivity index (χ1n) is 7.87. The number of amides is 1. The van der Waals surface area contributed by atoms with Gasteiger partial charge in [0.2, 0.25) is 11.1 Å². The first kappa shape index (κ1) is 18.9. The number of hydrogen-bond donors (Lipinski definition) is 2. The lowest BCUT2D eigenvalue weighted by molar-refractivity contribution is -0.120. The highest BCUT2D eigenvalue weighted by Crippen LogP contribution is 2.24. The molecule has 0 aliphatic carbocycles. The van der Waals surface area contributed by atoms with Gasteiger partial charge in [0.25, 0.3) is 0 Å². The van der Waals surface area contributed by atoms with Crippen molar-refractivity contribution >= 4 is 17.7 Å². The minimum Gasteiger partial charge on any atom is -0.485 e. The monoisotopic (exact) mass is 361 g/mol. The van der Waals surface area contributed by atoms with Gasteiger partial charge in [-0.05, 0) is 31.9 Å². The lowest BCUT2D eigenvalue weighted by Gasteiger charge is -2.12. The average Bonchev–Trinajstić information content (AvgIpc) is 2.92. The first-order valence-corrected chi connectivity index (χ1v) is 8.75. The van der Waals surface area contributed by atoms with Gasteiger partial charge in [-0.15, -0.1) is 16.8 Å². The SMILES string of the molecule is C=CCNC(=O)C(C)Sc1nnc(COc2c(C)cccc2C)n1N. The maximum Gasteiger partial charge on any atom is 0.233 e. The maximum absolute atomic E-state index is 11.9. The van der Waals surface area contributed by atoms with E-state index in [1.807, 2.05) is 32.0 Å². The molecule has 0 radical (unpaired) electrons. The van der Waals surface area contributed by atoms with Crippen molar-refractivity contribution < 1.29 is 9.53 Å². The fourth-order valence-corrected chi connectivity index (χ4v) is 2.99. The maximum atomic E-state index is 11.9. The van der Waals surface area contributed by atoms with Crippen molar-refractivity contribution in [2.24, 2.45) is 0 Å². The second-order valence-corrected chi connectivity index (χ2v) is 6.88. The number of carbonyl (C=O) groups excluding carboxylic acids is 1. The summed E-state index contributed by atoms with van der Waals surface area (Å²) < 4.78 is 7.21. The summed E-state index contributed by atoms with van der Waals surface area (Å²) in [6.45, 7) is 9.95. The number of nitrogens with two attached hydrogens (primary N) is 1. The van der Waals surface area contributed by atoms with E-state index in [9.17, 15) is 4.79 Å². The van der Waals surface area contributed by atoms with Crippen LogP contribution in [0, 0.1) is 13.8 Å². The molecule has 1 atom stereocenters. The fourth-order valence-electron chi connectivity index (χ4n) is 2.18. The molecular formula is C17H23N5O2S. The number of nitrogens with zero attached hydrogens (tertiary/aromatic N) is 3. The molecule has 2 rings (SSSR count). The number of thioether (sulfide) groups is 1. The number of aromatic nitrogens is 3. The molecule has 0 fully saturated rings. The molecule has 1 amide bonds. The predicted octanol–water partition coefficient (Wildman–Crippen LogP) is 1.97. The van der Waals surface area contributed by atoms with Crippen molar-refractivity contribution in [1.29, 1.82) is 0 Å². The van der Waals surface area contributed by atoms with Crippen LogP contribution in [0.1, 0.15) is 23.9 Å². The average molecular weight is 361 g/mol. The predicted molar refractivity (Wildman–Crippen MR) is 98.9 cm³/mol. The molecule has 0 aliphatic rings. The lowest BCUT2D eigenvalue weighted by Crippen LogP contribution is -2.31. The number of ether oxygens (including phenoxy) is 1. The second kappa shape index (κ2) is 8.57. The normalized spacial score (nSPS) is 11.8. The highest BCUT2D eigenvalue weighted by atomic mass is 32.2. The summed E-state index contributed by atoms with van der Waals surface area (Å²) >= 11 is 1.24. The summed E-state index contributed by atoms with van der Waals surface area (Å²) in [5.74, 6) is 7.23. The molecule has 1 aromatic carbocycles. The van der Waals surface area contributed by atoms with E-state index in [-0.39, 0.29) is 17.8 Å². The molecule has 0 saturated carbocycles. The van der Waals surface area contributed by atoms with Gasteiger partial charge in [0.05, 0.1) is 5.25 Å². The highest BCUT2D eigenvalue weighted by molar-refractivity contribution is 8.00. The Hall–Kier alpha value is -2.48. The summed E-state index contributed by atoms with van der Waals surface area (Å²) in [4.78, 5) is 11.9. The molecule has 1 unspecified atom stereocenters. The van der Waals surface area contributed by atoms with Gasteiger partial charge in [0.1, 0.15) is 12.4 Å². The first-order chi connectivity index (χ1) is 11.9. The van der Waals surface area contributed by atoms with Crippen LogP contribution in [-0.2, 0) is 11.4 Å². The number of aryl methyl sites for hydroxylation is 2. The number of nitrogen functional groups attached to an aromatic ring is 1. The Kier molecular flexibility index (Phi) is 6.46. The van der Waals surface area contributed by atoms with Crippen LogP contribution in [0.15, 0.2) is 36.0 Å². The van der Waals surface area contributed by atoms with Crippen LogP contribution in [0.5, 0.6) is 5.75 Å². The standard InChI is InChI=1S/C17H23N5O2S/c1-5-9-19-16(23)13(4)25-17-21-20-14(22(17)18)10-24-15-11(2)7-6-8-12(15)3/h5-8,13H,1,9-10,18H2,2-4H3,(H,19,23). The zero-order valence-electron chi connectivity index (χ0n) is 14.7. The molecule has 2 aromatic rings. The van der Waals surface area contributed by atoms with E-state index in [4.69, 9.17) is 10.6 Å². The number of hydrogen-bond acceptors (Lipinski definition) is 6. The van der Waals surface area contributed by atoms with Crippen molar-refractivity contribution in [3.63, 3.8) is 0 Å². The molecular weight excluding hydrogens is 338 g/mol. The van der Waals surface area contributed by atoms with Crippen molar-refractivity contribution in [2.75, 3.05) is 12.4 Å². The minimum atomic E-state index is -0.348. The zero-order chi connectivity index (χ0) is 18.4. The third kappa shape index (κ3) is 4.76. The number of para-hydroxylation sites is 1. The Morgan fingerprint density at radius 3 is 2.76 bits per heavy atom. The number of nitrogens with one attached hydrogen (secondary N) is 1. The van der Waals surface area contributed by atoms with Crippen molar-refractivity contribution in [1.82, 2.24) is 20.2 Å². The number of carbonyl (C=O) groups is 1. The molecule has 25 heavy (non-hydrogen) atoms. The fraction of sp³-hybridized carbons (Fsp3) is 0.353. The molecule has 134 valence electrons. The third-order valence-electron chi connectivity index (χ3n) is 3.56. The summed E-state index contributed by atoms with van der Waals surface area (Å²) in [5.41, 5.74) is 2.09. The Morgan fingerprint density at radius 1 is 1.44 bits per heavy atom.